The van der Waals surface area contributed by atoms with Crippen molar-refractivity contribution in [2.45, 2.75) is 26.4 Å². The van der Waals surface area contributed by atoms with Gasteiger partial charge in [-0.2, -0.15) is 10.2 Å². The highest BCUT2D eigenvalue weighted by atomic mass is 79.9. The van der Waals surface area contributed by atoms with Gasteiger partial charge < -0.3 is 5.32 Å². The van der Waals surface area contributed by atoms with Crippen LogP contribution in [0.2, 0.25) is 5.02 Å². The molecule has 0 aromatic carbocycles. The van der Waals surface area contributed by atoms with E-state index in [0.717, 1.165) is 10.2 Å². The maximum absolute atomic E-state index is 12.1. The summed E-state index contributed by atoms with van der Waals surface area (Å²) in [6.07, 6.45) is 3.35. The lowest BCUT2D eigenvalue weighted by molar-refractivity contribution is -0.124. The van der Waals surface area contributed by atoms with Gasteiger partial charge in [0.15, 0.2) is 0 Å². The van der Waals surface area contributed by atoms with E-state index in [2.05, 4.69) is 31.4 Å². The Morgan fingerprint density at radius 2 is 2.30 bits per heavy atom. The summed E-state index contributed by atoms with van der Waals surface area (Å²) in [7, 11) is 1.83. The van der Waals surface area contributed by atoms with Crippen molar-refractivity contribution in [3.05, 3.63) is 33.3 Å². The molecule has 0 aliphatic rings. The predicted molar refractivity (Wildman–Crippen MR) is 79.4 cm³/mol. The molecule has 0 saturated carbocycles. The average molecular weight is 361 g/mol. The van der Waals surface area contributed by atoms with Crippen molar-refractivity contribution >= 4 is 33.4 Å². The summed E-state index contributed by atoms with van der Waals surface area (Å²) in [6, 6.07) is -0.423. The minimum Gasteiger partial charge on any atom is -0.349 e. The highest BCUT2D eigenvalue weighted by molar-refractivity contribution is 9.10. The first kappa shape index (κ1) is 15.1. The number of amides is 1. The van der Waals surface area contributed by atoms with Crippen LogP contribution in [0.25, 0.3) is 0 Å². The Morgan fingerprint density at radius 1 is 1.60 bits per heavy atom. The van der Waals surface area contributed by atoms with Crippen LogP contribution in [0.15, 0.2) is 16.9 Å². The highest BCUT2D eigenvalue weighted by Crippen LogP contribution is 2.17. The quantitative estimate of drug-likeness (QED) is 0.909. The van der Waals surface area contributed by atoms with Crippen LogP contribution < -0.4 is 5.32 Å². The molecule has 0 aliphatic carbocycles. The fourth-order valence-electron chi connectivity index (χ4n) is 1.73. The molecule has 20 heavy (non-hydrogen) atoms. The van der Waals surface area contributed by atoms with E-state index in [4.69, 9.17) is 11.6 Å². The Kier molecular flexibility index (Phi) is 4.49. The van der Waals surface area contributed by atoms with Crippen molar-refractivity contribution in [3.8, 4) is 0 Å². The number of hydrogen-bond donors (Lipinski definition) is 1. The third-order valence-corrected chi connectivity index (χ3v) is 4.11. The highest BCUT2D eigenvalue weighted by Gasteiger charge is 2.17. The van der Waals surface area contributed by atoms with Crippen LogP contribution in [0, 0.1) is 6.92 Å². The van der Waals surface area contributed by atoms with E-state index < -0.39 is 6.04 Å². The summed E-state index contributed by atoms with van der Waals surface area (Å²) in [4.78, 5) is 12.1. The normalized spacial score (nSPS) is 12.4. The maximum atomic E-state index is 12.1. The van der Waals surface area contributed by atoms with E-state index in [1.807, 2.05) is 7.05 Å². The predicted octanol–water partition coefficient (Wildman–Crippen LogP) is 2.22. The molecule has 0 fully saturated rings. The SMILES string of the molecule is Cc1nn(C(C)C(=O)NCc2c(Br)cnn2C)cc1Cl. The van der Waals surface area contributed by atoms with Crippen molar-refractivity contribution in [1.82, 2.24) is 24.9 Å². The number of nitrogens with zero attached hydrogens (tertiary/aromatic N) is 4. The molecule has 2 aromatic rings. The van der Waals surface area contributed by atoms with Gasteiger partial charge >= 0.3 is 0 Å². The summed E-state index contributed by atoms with van der Waals surface area (Å²) >= 11 is 9.34. The first-order chi connectivity index (χ1) is 9.40. The van der Waals surface area contributed by atoms with Gasteiger partial charge in [-0.25, -0.2) is 0 Å². The molecule has 1 unspecified atom stereocenters. The molecule has 2 heterocycles. The standard InChI is InChI=1S/C12H15BrClN5O/c1-7-10(14)6-19(17-7)8(2)12(20)15-5-11-9(13)4-16-18(11)3/h4,6,8H,5H2,1-3H3,(H,15,20). The van der Waals surface area contributed by atoms with Gasteiger partial charge in [-0.3, -0.25) is 14.2 Å². The first-order valence-corrected chi connectivity index (χ1v) is 7.22. The van der Waals surface area contributed by atoms with Gasteiger partial charge in [-0.15, -0.1) is 0 Å². The number of aryl methyl sites for hydroxylation is 2. The Bertz CT molecular complexity index is 597. The zero-order valence-corrected chi connectivity index (χ0v) is 13.7. The van der Waals surface area contributed by atoms with Crippen molar-refractivity contribution in [2.75, 3.05) is 0 Å². The first-order valence-electron chi connectivity index (χ1n) is 6.05. The second kappa shape index (κ2) is 5.97. The largest absolute Gasteiger partial charge is 0.349 e. The second-order valence-electron chi connectivity index (χ2n) is 4.50. The lowest BCUT2D eigenvalue weighted by Crippen LogP contribution is -2.31. The molecule has 6 nitrogen and oxygen atoms in total. The number of carbonyl (C=O) groups excluding carboxylic acids is 1. The summed E-state index contributed by atoms with van der Waals surface area (Å²) < 4.78 is 4.14. The van der Waals surface area contributed by atoms with Gasteiger partial charge in [-0.1, -0.05) is 11.6 Å². The van der Waals surface area contributed by atoms with Crippen LogP contribution in [0.5, 0.6) is 0 Å². The smallest absolute Gasteiger partial charge is 0.244 e. The summed E-state index contributed by atoms with van der Waals surface area (Å²) in [5.74, 6) is -0.128. The summed E-state index contributed by atoms with van der Waals surface area (Å²) in [5, 5.41) is 11.7. The minimum absolute atomic E-state index is 0.128. The molecule has 0 saturated heterocycles. The van der Waals surface area contributed by atoms with Crippen molar-refractivity contribution in [1.29, 1.82) is 0 Å². The van der Waals surface area contributed by atoms with E-state index in [1.165, 1.54) is 0 Å². The van der Waals surface area contributed by atoms with Crippen molar-refractivity contribution < 1.29 is 4.79 Å². The molecule has 8 heteroatoms. The van der Waals surface area contributed by atoms with Gasteiger partial charge in [0.2, 0.25) is 5.91 Å². The number of aromatic nitrogens is 4. The van der Waals surface area contributed by atoms with Crippen molar-refractivity contribution in [3.63, 3.8) is 0 Å². The van der Waals surface area contributed by atoms with E-state index in [9.17, 15) is 4.79 Å². The zero-order chi connectivity index (χ0) is 14.9. The number of nitrogens with one attached hydrogen (secondary N) is 1. The number of halogens is 2. The topological polar surface area (TPSA) is 64.7 Å². The van der Waals surface area contributed by atoms with Gasteiger partial charge in [0, 0.05) is 13.2 Å². The van der Waals surface area contributed by atoms with Gasteiger partial charge in [0.25, 0.3) is 0 Å². The number of carbonyl (C=O) groups is 1. The molecule has 0 bridgehead atoms. The van der Waals surface area contributed by atoms with E-state index in [0.29, 0.717) is 17.3 Å². The molecular formula is C12H15BrClN5O. The average Bonchev–Trinajstić information content (AvgIpc) is 2.90. The fourth-order valence-corrected chi connectivity index (χ4v) is 2.36. The second-order valence-corrected chi connectivity index (χ2v) is 5.76. The molecule has 0 radical (unpaired) electrons. The summed E-state index contributed by atoms with van der Waals surface area (Å²) in [6.45, 7) is 3.97. The Labute approximate surface area is 130 Å². The third kappa shape index (κ3) is 3.04. The lowest BCUT2D eigenvalue weighted by Gasteiger charge is -2.13. The lowest BCUT2D eigenvalue weighted by atomic mass is 10.3. The van der Waals surface area contributed by atoms with Crippen LogP contribution in [0.1, 0.15) is 24.4 Å². The Hall–Kier alpha value is -1.34. The molecule has 0 spiro atoms. The molecule has 108 valence electrons. The number of rotatable bonds is 4. The Morgan fingerprint density at radius 3 is 2.80 bits per heavy atom. The van der Waals surface area contributed by atoms with Crippen LogP contribution in [0.3, 0.4) is 0 Å². The molecular weight excluding hydrogens is 346 g/mol. The van der Waals surface area contributed by atoms with Crippen molar-refractivity contribution in [2.24, 2.45) is 7.05 Å². The monoisotopic (exact) mass is 359 g/mol. The molecule has 2 rings (SSSR count). The van der Waals surface area contributed by atoms with E-state index in [-0.39, 0.29) is 5.91 Å². The molecule has 1 N–H and O–H groups in total. The molecule has 1 atom stereocenters. The molecule has 1 amide bonds. The van der Waals surface area contributed by atoms with Gasteiger partial charge in [0.05, 0.1) is 33.6 Å². The van der Waals surface area contributed by atoms with Crippen LogP contribution in [-0.4, -0.2) is 25.5 Å². The van der Waals surface area contributed by atoms with Gasteiger partial charge in [0.1, 0.15) is 6.04 Å². The molecule has 2 aromatic heterocycles. The van der Waals surface area contributed by atoms with Crippen LogP contribution in [-0.2, 0) is 18.4 Å². The molecule has 0 aliphatic heterocycles. The van der Waals surface area contributed by atoms with Crippen LogP contribution in [0.4, 0.5) is 0 Å². The third-order valence-electron chi connectivity index (χ3n) is 3.07. The Balaban J connectivity index is 2.01. The maximum Gasteiger partial charge on any atom is 0.244 e. The van der Waals surface area contributed by atoms with Gasteiger partial charge in [-0.05, 0) is 29.8 Å². The number of hydrogen-bond acceptors (Lipinski definition) is 3. The van der Waals surface area contributed by atoms with E-state index in [1.54, 1.807) is 35.6 Å². The fraction of sp³-hybridized carbons (Fsp3) is 0.417. The minimum atomic E-state index is -0.423. The zero-order valence-electron chi connectivity index (χ0n) is 11.4. The van der Waals surface area contributed by atoms with E-state index >= 15 is 0 Å². The van der Waals surface area contributed by atoms with Crippen LogP contribution >= 0.6 is 27.5 Å². The summed E-state index contributed by atoms with van der Waals surface area (Å²) in [5.41, 5.74) is 1.61.